The second kappa shape index (κ2) is 8.51. The topological polar surface area (TPSA) is 49.3 Å². The van der Waals surface area contributed by atoms with Crippen LogP contribution >= 0.6 is 22.7 Å². The van der Waals surface area contributed by atoms with E-state index in [4.69, 9.17) is 9.97 Å². The normalized spacial score (nSPS) is 20.2. The first kappa shape index (κ1) is 20.9. The molecular weight excluding hydrogens is 424 g/mol. The zero-order chi connectivity index (χ0) is 21.5. The Hall–Kier alpha value is -1.99. The summed E-state index contributed by atoms with van der Waals surface area (Å²) >= 11 is 3.41. The zero-order valence-corrected chi connectivity index (χ0v) is 20.2. The monoisotopic (exact) mass is 454 g/mol. The third-order valence-electron chi connectivity index (χ3n) is 6.80. The number of piperazine rings is 1. The van der Waals surface area contributed by atoms with Crippen LogP contribution in [0.3, 0.4) is 0 Å². The van der Waals surface area contributed by atoms with Gasteiger partial charge >= 0.3 is 0 Å². The summed E-state index contributed by atoms with van der Waals surface area (Å²) in [5.74, 6) is 3.33. The average Bonchev–Trinajstić information content (AvgIpc) is 3.45. The Balaban J connectivity index is 1.48. The van der Waals surface area contributed by atoms with Crippen molar-refractivity contribution in [2.24, 2.45) is 5.92 Å². The Kier molecular flexibility index (Phi) is 5.73. The van der Waals surface area contributed by atoms with Crippen molar-refractivity contribution < 1.29 is 4.79 Å². The molecule has 7 heteroatoms. The molecule has 5 rings (SSSR count). The van der Waals surface area contributed by atoms with Crippen LogP contribution in [0.15, 0.2) is 17.5 Å². The molecule has 2 atom stereocenters. The van der Waals surface area contributed by atoms with Gasteiger partial charge in [-0.1, -0.05) is 26.8 Å². The van der Waals surface area contributed by atoms with Crippen molar-refractivity contribution in [3.8, 4) is 0 Å². The minimum absolute atomic E-state index is 0.157. The standard InChI is InChI=1S/C24H30N4OS2/c1-4-16(3)21-25-22(20-17-8-7-15(2)14-19(17)31-23(20)26-21)27-9-11-28(12-10-27)24(29)18-6-5-13-30-18/h5-6,13,15-16H,4,7-12,14H2,1-3H3/t15-,16+/m1/s1. The number of hydrogen-bond acceptors (Lipinski definition) is 6. The van der Waals surface area contributed by atoms with Gasteiger partial charge in [0, 0.05) is 37.0 Å². The molecule has 0 saturated carbocycles. The summed E-state index contributed by atoms with van der Waals surface area (Å²) in [6.07, 6.45) is 4.58. The Morgan fingerprint density at radius 1 is 1.26 bits per heavy atom. The number of carbonyl (C=O) groups excluding carboxylic acids is 1. The van der Waals surface area contributed by atoms with Gasteiger partial charge < -0.3 is 9.80 Å². The summed E-state index contributed by atoms with van der Waals surface area (Å²) in [6, 6.07) is 3.87. The molecule has 31 heavy (non-hydrogen) atoms. The number of aromatic nitrogens is 2. The minimum atomic E-state index is 0.157. The van der Waals surface area contributed by atoms with Crippen LogP contribution in [0.25, 0.3) is 10.2 Å². The van der Waals surface area contributed by atoms with Gasteiger partial charge in [0.2, 0.25) is 0 Å². The van der Waals surface area contributed by atoms with Gasteiger partial charge in [-0.25, -0.2) is 9.97 Å². The smallest absolute Gasteiger partial charge is 0.264 e. The van der Waals surface area contributed by atoms with Gasteiger partial charge in [-0.05, 0) is 48.6 Å². The molecule has 3 aromatic heterocycles. The Morgan fingerprint density at radius 3 is 2.77 bits per heavy atom. The predicted octanol–water partition coefficient (Wildman–Crippen LogP) is 5.35. The zero-order valence-electron chi connectivity index (χ0n) is 18.6. The molecule has 0 radical (unpaired) electrons. The van der Waals surface area contributed by atoms with Gasteiger partial charge in [0.1, 0.15) is 16.5 Å². The van der Waals surface area contributed by atoms with E-state index < -0.39 is 0 Å². The molecule has 0 aromatic carbocycles. The van der Waals surface area contributed by atoms with E-state index in [1.54, 1.807) is 0 Å². The quantitative estimate of drug-likeness (QED) is 0.533. The molecule has 0 unspecified atom stereocenters. The van der Waals surface area contributed by atoms with Crippen LogP contribution < -0.4 is 4.90 Å². The third kappa shape index (κ3) is 3.87. The number of anilines is 1. The second-order valence-electron chi connectivity index (χ2n) is 9.00. The van der Waals surface area contributed by atoms with Gasteiger partial charge in [-0.2, -0.15) is 0 Å². The molecule has 3 aromatic rings. The number of rotatable bonds is 4. The van der Waals surface area contributed by atoms with Gasteiger partial charge in [-0.3, -0.25) is 4.79 Å². The van der Waals surface area contributed by atoms with Crippen molar-refractivity contribution >= 4 is 44.6 Å². The molecule has 0 bridgehead atoms. The maximum atomic E-state index is 12.8. The van der Waals surface area contributed by atoms with Crippen LogP contribution in [-0.2, 0) is 12.8 Å². The van der Waals surface area contributed by atoms with Gasteiger partial charge in [0.15, 0.2) is 0 Å². The average molecular weight is 455 g/mol. The number of aryl methyl sites for hydroxylation is 1. The fourth-order valence-electron chi connectivity index (χ4n) is 4.65. The van der Waals surface area contributed by atoms with Crippen molar-refractivity contribution in [1.82, 2.24) is 14.9 Å². The summed E-state index contributed by atoms with van der Waals surface area (Å²) in [5.41, 5.74) is 1.49. The summed E-state index contributed by atoms with van der Waals surface area (Å²) in [6.45, 7) is 9.91. The first-order valence-electron chi connectivity index (χ1n) is 11.4. The number of fused-ring (bicyclic) bond motifs is 3. The number of carbonyl (C=O) groups is 1. The highest BCUT2D eigenvalue weighted by molar-refractivity contribution is 7.19. The van der Waals surface area contributed by atoms with Crippen molar-refractivity contribution in [2.45, 2.75) is 52.4 Å². The van der Waals surface area contributed by atoms with Gasteiger partial charge in [0.25, 0.3) is 5.91 Å². The number of nitrogens with zero attached hydrogens (tertiary/aromatic N) is 4. The molecule has 5 nitrogen and oxygen atoms in total. The lowest BCUT2D eigenvalue weighted by Crippen LogP contribution is -2.49. The molecule has 1 amide bonds. The van der Waals surface area contributed by atoms with E-state index in [1.165, 1.54) is 33.6 Å². The van der Waals surface area contributed by atoms with E-state index in [2.05, 4.69) is 25.7 Å². The summed E-state index contributed by atoms with van der Waals surface area (Å²) in [7, 11) is 0. The number of thiophene rings is 2. The molecule has 2 aliphatic rings. The molecule has 4 heterocycles. The van der Waals surface area contributed by atoms with Crippen molar-refractivity contribution in [3.63, 3.8) is 0 Å². The molecule has 1 fully saturated rings. The fraction of sp³-hybridized carbons (Fsp3) is 0.542. The van der Waals surface area contributed by atoms with Crippen LogP contribution in [0, 0.1) is 5.92 Å². The van der Waals surface area contributed by atoms with E-state index in [0.717, 1.165) is 72.7 Å². The largest absolute Gasteiger partial charge is 0.352 e. The molecule has 0 spiro atoms. The lowest BCUT2D eigenvalue weighted by molar-refractivity contribution is 0.0751. The Morgan fingerprint density at radius 2 is 2.06 bits per heavy atom. The number of hydrogen-bond donors (Lipinski definition) is 0. The third-order valence-corrected chi connectivity index (χ3v) is 8.81. The summed E-state index contributed by atoms with van der Waals surface area (Å²) in [4.78, 5) is 30.8. The van der Waals surface area contributed by atoms with Crippen LogP contribution in [-0.4, -0.2) is 47.0 Å². The molecule has 164 valence electrons. The highest BCUT2D eigenvalue weighted by Crippen LogP contribution is 2.42. The highest BCUT2D eigenvalue weighted by Gasteiger charge is 2.29. The minimum Gasteiger partial charge on any atom is -0.352 e. The Labute approximate surface area is 192 Å². The molecule has 1 aliphatic heterocycles. The van der Waals surface area contributed by atoms with Crippen molar-refractivity contribution in [3.05, 3.63) is 38.7 Å². The van der Waals surface area contributed by atoms with E-state index in [9.17, 15) is 4.79 Å². The van der Waals surface area contributed by atoms with Crippen molar-refractivity contribution in [2.75, 3.05) is 31.1 Å². The van der Waals surface area contributed by atoms with E-state index >= 15 is 0 Å². The molecule has 0 N–H and O–H groups in total. The van der Waals surface area contributed by atoms with Gasteiger partial charge in [-0.15, -0.1) is 22.7 Å². The van der Waals surface area contributed by atoms with E-state index in [-0.39, 0.29) is 5.91 Å². The highest BCUT2D eigenvalue weighted by atomic mass is 32.1. The lowest BCUT2D eigenvalue weighted by atomic mass is 9.89. The molecule has 1 aliphatic carbocycles. The van der Waals surface area contributed by atoms with E-state index in [1.807, 2.05) is 33.7 Å². The maximum Gasteiger partial charge on any atom is 0.264 e. The lowest BCUT2D eigenvalue weighted by Gasteiger charge is -2.36. The van der Waals surface area contributed by atoms with Crippen LogP contribution in [0.1, 0.15) is 65.5 Å². The molecular formula is C24H30N4OS2. The van der Waals surface area contributed by atoms with Crippen LogP contribution in [0.5, 0.6) is 0 Å². The van der Waals surface area contributed by atoms with Crippen LogP contribution in [0.4, 0.5) is 5.82 Å². The summed E-state index contributed by atoms with van der Waals surface area (Å²) in [5, 5.41) is 3.26. The second-order valence-corrected chi connectivity index (χ2v) is 11.0. The van der Waals surface area contributed by atoms with Crippen molar-refractivity contribution in [1.29, 1.82) is 0 Å². The van der Waals surface area contributed by atoms with Gasteiger partial charge in [0.05, 0.1) is 10.3 Å². The first-order valence-corrected chi connectivity index (χ1v) is 13.1. The first-order chi connectivity index (χ1) is 15.0. The Bertz CT molecular complexity index is 1080. The molecule has 1 saturated heterocycles. The van der Waals surface area contributed by atoms with E-state index in [0.29, 0.717) is 5.92 Å². The van der Waals surface area contributed by atoms with Crippen LogP contribution in [0.2, 0.25) is 0 Å². The summed E-state index contributed by atoms with van der Waals surface area (Å²) < 4.78 is 0. The maximum absolute atomic E-state index is 12.8. The predicted molar refractivity (Wildman–Crippen MR) is 130 cm³/mol. The fourth-order valence-corrected chi connectivity index (χ4v) is 6.72. The number of amides is 1. The SMILES string of the molecule is CC[C@H](C)c1nc(N2CCN(C(=O)c3cccs3)CC2)c2c3c(sc2n1)C[C@H](C)CC3.